The van der Waals surface area contributed by atoms with Crippen LogP contribution in [-0.4, -0.2) is 41.4 Å². The fraction of sp³-hybridized carbons (Fsp3) is 0.636. The van der Waals surface area contributed by atoms with E-state index >= 15 is 0 Å². The molecule has 3 rings (SSSR count). The van der Waals surface area contributed by atoms with E-state index in [0.29, 0.717) is 5.82 Å². The van der Waals surface area contributed by atoms with Gasteiger partial charge in [-0.05, 0) is 19.4 Å². The molecule has 0 spiro atoms. The van der Waals surface area contributed by atoms with Gasteiger partial charge in [0, 0.05) is 7.05 Å². The van der Waals surface area contributed by atoms with Crippen molar-refractivity contribution in [2.24, 2.45) is 7.05 Å². The Morgan fingerprint density at radius 2 is 2.37 bits per heavy atom. The van der Waals surface area contributed by atoms with Crippen molar-refractivity contribution in [1.82, 2.24) is 34.8 Å². The van der Waals surface area contributed by atoms with E-state index in [-0.39, 0.29) is 11.7 Å². The fourth-order valence-corrected chi connectivity index (χ4v) is 2.58. The Balaban J connectivity index is 1.81. The van der Waals surface area contributed by atoms with E-state index in [1.807, 2.05) is 7.05 Å². The first-order chi connectivity index (χ1) is 9.24. The van der Waals surface area contributed by atoms with Crippen LogP contribution in [0.25, 0.3) is 0 Å². The van der Waals surface area contributed by atoms with Gasteiger partial charge in [0.15, 0.2) is 0 Å². The van der Waals surface area contributed by atoms with E-state index in [1.165, 1.54) is 0 Å². The number of aryl methyl sites for hydroxylation is 1. The molecule has 0 aromatic carbocycles. The first-order valence-electron chi connectivity index (χ1n) is 6.45. The van der Waals surface area contributed by atoms with Gasteiger partial charge >= 0.3 is 5.69 Å². The van der Waals surface area contributed by atoms with Gasteiger partial charge in [-0.15, -0.1) is 0 Å². The number of likely N-dealkylation sites (tertiary alicyclic amines) is 1. The molecule has 3 heterocycles. The number of piperidine rings is 1. The van der Waals surface area contributed by atoms with Crippen LogP contribution in [0, 0.1) is 0 Å². The molecule has 2 N–H and O–H groups in total. The van der Waals surface area contributed by atoms with Crippen LogP contribution in [0.4, 0.5) is 0 Å². The zero-order chi connectivity index (χ0) is 13.2. The minimum absolute atomic E-state index is 0.143. The maximum absolute atomic E-state index is 11.2. The largest absolute Gasteiger partial charge is 0.340 e. The normalized spacial score (nSPS) is 20.8. The Morgan fingerprint density at radius 1 is 1.47 bits per heavy atom. The standard InChI is InChI=1S/C11H17N7O/c1-17-9(12-7-13-17)6-18-5-3-2-4-8(18)10-14-11(19)16-15-10/h7-8H,2-6H2,1H3,(H2,14,15,16,19)/t8-/m0/s1. The van der Waals surface area contributed by atoms with Crippen LogP contribution in [0.1, 0.15) is 37.0 Å². The van der Waals surface area contributed by atoms with Crippen LogP contribution in [0.3, 0.4) is 0 Å². The van der Waals surface area contributed by atoms with Crippen LogP contribution in [-0.2, 0) is 13.6 Å². The second-order valence-corrected chi connectivity index (χ2v) is 4.84. The Hall–Kier alpha value is -1.96. The fourth-order valence-electron chi connectivity index (χ4n) is 2.58. The van der Waals surface area contributed by atoms with E-state index < -0.39 is 0 Å². The van der Waals surface area contributed by atoms with Crippen LogP contribution >= 0.6 is 0 Å². The molecule has 8 nitrogen and oxygen atoms in total. The molecule has 0 aliphatic carbocycles. The van der Waals surface area contributed by atoms with Crippen molar-refractivity contribution in [3.05, 3.63) is 28.5 Å². The summed E-state index contributed by atoms with van der Waals surface area (Å²) in [5.41, 5.74) is -0.251. The molecule has 1 saturated heterocycles. The lowest BCUT2D eigenvalue weighted by molar-refractivity contribution is 0.129. The topological polar surface area (TPSA) is 95.5 Å². The van der Waals surface area contributed by atoms with Gasteiger partial charge in [-0.25, -0.2) is 14.9 Å². The number of rotatable bonds is 3. The lowest BCUT2D eigenvalue weighted by Crippen LogP contribution is -2.34. The van der Waals surface area contributed by atoms with Crippen LogP contribution in [0.5, 0.6) is 0 Å². The number of H-pyrrole nitrogens is 2. The molecule has 1 atom stereocenters. The maximum Gasteiger partial charge on any atom is 0.340 e. The summed E-state index contributed by atoms with van der Waals surface area (Å²) in [5, 5.41) is 10.6. The summed E-state index contributed by atoms with van der Waals surface area (Å²) in [7, 11) is 1.89. The first-order valence-corrected chi connectivity index (χ1v) is 6.45. The number of hydrogen-bond donors (Lipinski definition) is 2. The Morgan fingerprint density at radius 3 is 3.05 bits per heavy atom. The molecule has 0 saturated carbocycles. The summed E-state index contributed by atoms with van der Waals surface area (Å²) < 4.78 is 1.78. The van der Waals surface area contributed by atoms with E-state index in [2.05, 4.69) is 30.2 Å². The van der Waals surface area contributed by atoms with Crippen LogP contribution < -0.4 is 5.69 Å². The summed E-state index contributed by atoms with van der Waals surface area (Å²) in [6.45, 7) is 1.70. The molecule has 2 aromatic rings. The summed E-state index contributed by atoms with van der Waals surface area (Å²) >= 11 is 0. The maximum atomic E-state index is 11.2. The molecule has 0 amide bonds. The average Bonchev–Trinajstić information content (AvgIpc) is 3.00. The second kappa shape index (κ2) is 4.96. The van der Waals surface area contributed by atoms with Gasteiger partial charge in [-0.3, -0.25) is 14.6 Å². The quantitative estimate of drug-likeness (QED) is 0.809. The molecule has 1 aliphatic heterocycles. The smallest absolute Gasteiger partial charge is 0.292 e. The van der Waals surface area contributed by atoms with Gasteiger partial charge in [0.2, 0.25) is 0 Å². The molecule has 8 heteroatoms. The average molecular weight is 263 g/mol. The summed E-state index contributed by atoms with van der Waals surface area (Å²) in [6.07, 6.45) is 4.86. The third-order valence-electron chi connectivity index (χ3n) is 3.60. The molecule has 19 heavy (non-hydrogen) atoms. The van der Waals surface area contributed by atoms with E-state index in [9.17, 15) is 4.79 Å². The highest BCUT2D eigenvalue weighted by molar-refractivity contribution is 4.97. The second-order valence-electron chi connectivity index (χ2n) is 4.84. The third-order valence-corrected chi connectivity index (χ3v) is 3.60. The van der Waals surface area contributed by atoms with Gasteiger partial charge in [0.1, 0.15) is 18.0 Å². The monoisotopic (exact) mass is 263 g/mol. The van der Waals surface area contributed by atoms with Gasteiger partial charge in [0.05, 0.1) is 12.6 Å². The third kappa shape index (κ3) is 2.43. The highest BCUT2D eigenvalue weighted by Gasteiger charge is 2.27. The summed E-state index contributed by atoms with van der Waals surface area (Å²) in [6, 6.07) is 0.143. The highest BCUT2D eigenvalue weighted by Crippen LogP contribution is 2.29. The lowest BCUT2D eigenvalue weighted by Gasteiger charge is -2.33. The van der Waals surface area contributed by atoms with E-state index in [4.69, 9.17) is 0 Å². The van der Waals surface area contributed by atoms with Gasteiger partial charge < -0.3 is 0 Å². The number of hydrogen-bond acceptors (Lipinski definition) is 5. The molecule has 1 fully saturated rings. The lowest BCUT2D eigenvalue weighted by atomic mass is 10.0. The molecule has 1 aliphatic rings. The summed E-state index contributed by atoms with van der Waals surface area (Å²) in [5.74, 6) is 1.64. The molecule has 102 valence electrons. The number of aromatic nitrogens is 6. The Labute approximate surface area is 109 Å². The van der Waals surface area contributed by atoms with Crippen molar-refractivity contribution >= 4 is 0 Å². The molecular weight excluding hydrogens is 246 g/mol. The molecule has 0 radical (unpaired) electrons. The minimum atomic E-state index is -0.251. The highest BCUT2D eigenvalue weighted by atomic mass is 16.1. The summed E-state index contributed by atoms with van der Waals surface area (Å²) in [4.78, 5) is 20.5. The van der Waals surface area contributed by atoms with Gasteiger partial charge in [-0.2, -0.15) is 10.2 Å². The molecule has 0 bridgehead atoms. The van der Waals surface area contributed by atoms with Crippen LogP contribution in [0.15, 0.2) is 11.1 Å². The van der Waals surface area contributed by atoms with Crippen molar-refractivity contribution in [2.75, 3.05) is 6.54 Å². The predicted molar refractivity (Wildman–Crippen MR) is 67.2 cm³/mol. The minimum Gasteiger partial charge on any atom is -0.292 e. The van der Waals surface area contributed by atoms with E-state index in [0.717, 1.165) is 38.2 Å². The SMILES string of the molecule is Cn1ncnc1CN1CCCC[C@H]1c1n[nH]c(=O)[nH]1. The van der Waals surface area contributed by atoms with Crippen molar-refractivity contribution in [3.63, 3.8) is 0 Å². The number of aromatic amines is 2. The van der Waals surface area contributed by atoms with Crippen molar-refractivity contribution in [3.8, 4) is 0 Å². The Bertz CT molecular complexity index is 598. The van der Waals surface area contributed by atoms with Crippen molar-refractivity contribution < 1.29 is 0 Å². The zero-order valence-corrected chi connectivity index (χ0v) is 10.8. The first kappa shape index (κ1) is 12.1. The molecule has 2 aromatic heterocycles. The van der Waals surface area contributed by atoms with Gasteiger partial charge in [0.25, 0.3) is 0 Å². The predicted octanol–water partition coefficient (Wildman–Crippen LogP) is -0.0463. The number of nitrogens with zero attached hydrogens (tertiary/aromatic N) is 5. The van der Waals surface area contributed by atoms with Crippen molar-refractivity contribution in [2.45, 2.75) is 31.8 Å². The van der Waals surface area contributed by atoms with Crippen LogP contribution in [0.2, 0.25) is 0 Å². The molecular formula is C11H17N7O. The van der Waals surface area contributed by atoms with E-state index in [1.54, 1.807) is 11.0 Å². The molecule has 0 unspecified atom stereocenters. The number of nitrogens with one attached hydrogen (secondary N) is 2. The van der Waals surface area contributed by atoms with Gasteiger partial charge in [-0.1, -0.05) is 6.42 Å². The van der Waals surface area contributed by atoms with Crippen molar-refractivity contribution in [1.29, 1.82) is 0 Å². The Kier molecular flexibility index (Phi) is 3.16. The zero-order valence-electron chi connectivity index (χ0n) is 10.8.